The van der Waals surface area contributed by atoms with Gasteiger partial charge in [-0.2, -0.15) is 0 Å². The van der Waals surface area contributed by atoms with E-state index in [9.17, 15) is 9.59 Å². The quantitative estimate of drug-likeness (QED) is 0.517. The Morgan fingerprint density at radius 1 is 0.971 bits per heavy atom. The molecule has 2 atom stereocenters. The van der Waals surface area contributed by atoms with Gasteiger partial charge >= 0.3 is 5.97 Å². The number of hydrogen-bond acceptors (Lipinski definition) is 5. The number of nitrogens with zero attached hydrogens (tertiary/aromatic N) is 1. The molecule has 1 amide bonds. The van der Waals surface area contributed by atoms with Gasteiger partial charge in [-0.15, -0.1) is 0 Å². The van der Waals surface area contributed by atoms with E-state index in [1.807, 2.05) is 26.0 Å². The Kier molecular flexibility index (Phi) is 7.83. The Bertz CT molecular complexity index is 1290. The summed E-state index contributed by atoms with van der Waals surface area (Å²) in [5.74, 6) is 0.0675. The van der Waals surface area contributed by atoms with E-state index >= 15 is 0 Å². The fourth-order valence-corrected chi connectivity index (χ4v) is 4.58. The predicted molar refractivity (Wildman–Crippen MR) is 141 cm³/mol. The minimum atomic E-state index is -0.400. The number of esters is 1. The Labute approximate surface area is 206 Å². The van der Waals surface area contributed by atoms with Crippen molar-refractivity contribution in [2.75, 3.05) is 13.1 Å². The second kappa shape index (κ2) is 11.0. The van der Waals surface area contributed by atoms with Gasteiger partial charge in [0.2, 0.25) is 5.91 Å². The first-order valence-electron chi connectivity index (χ1n) is 12.5. The normalized spacial score (nSPS) is 15.4. The lowest BCUT2D eigenvalue weighted by atomic mass is 9.94. The van der Waals surface area contributed by atoms with Gasteiger partial charge in [0.15, 0.2) is 0 Å². The largest absolute Gasteiger partial charge is 0.427 e. The average Bonchev–Trinajstić information content (AvgIpc) is 3.31. The molecule has 0 heterocycles. The molecule has 0 bridgehead atoms. The zero-order chi connectivity index (χ0) is 24.9. The molecule has 2 aromatic carbocycles. The second-order valence-electron chi connectivity index (χ2n) is 9.66. The highest BCUT2D eigenvalue weighted by Crippen LogP contribution is 2.23. The molecule has 0 spiro atoms. The van der Waals surface area contributed by atoms with E-state index in [-0.39, 0.29) is 30.8 Å². The molecular formula is C29H35N3O3. The lowest BCUT2D eigenvalue weighted by molar-refractivity contribution is -0.142. The molecule has 2 unspecified atom stereocenters. The van der Waals surface area contributed by atoms with Gasteiger partial charge in [-0.3, -0.25) is 9.59 Å². The number of ether oxygens (including phenoxy) is 1. The summed E-state index contributed by atoms with van der Waals surface area (Å²) in [4.78, 5) is 27.0. The van der Waals surface area contributed by atoms with E-state index in [1.54, 1.807) is 4.90 Å². The first-order chi connectivity index (χ1) is 16.8. The van der Waals surface area contributed by atoms with Crippen LogP contribution in [0.25, 0.3) is 29.0 Å². The molecule has 2 aliphatic rings. The highest BCUT2D eigenvalue weighted by molar-refractivity contribution is 5.96. The van der Waals surface area contributed by atoms with Crippen LogP contribution in [0, 0.1) is 0 Å². The number of hydrogen-bond donors (Lipinski definition) is 2. The van der Waals surface area contributed by atoms with Crippen LogP contribution in [0.3, 0.4) is 0 Å². The number of rotatable bonds is 10. The molecule has 4 N–H and O–H groups in total. The summed E-state index contributed by atoms with van der Waals surface area (Å²) in [6, 6.07) is 8.56. The average molecular weight is 474 g/mol. The number of allylic oxidation sites excluding steroid dienone is 3. The van der Waals surface area contributed by atoms with Gasteiger partial charge < -0.3 is 21.1 Å². The Hall–Kier alpha value is -3.22. The lowest BCUT2D eigenvalue weighted by Crippen LogP contribution is -2.37. The molecule has 0 aromatic heterocycles. The fourth-order valence-electron chi connectivity index (χ4n) is 4.58. The van der Waals surface area contributed by atoms with Crippen molar-refractivity contribution in [2.45, 2.75) is 58.0 Å². The zero-order valence-electron chi connectivity index (χ0n) is 20.6. The molecule has 0 saturated heterocycles. The summed E-state index contributed by atoms with van der Waals surface area (Å²) in [6.07, 6.45) is 12.5. The monoisotopic (exact) mass is 473 g/mol. The molecule has 0 radical (unpaired) electrons. The maximum Gasteiger partial charge on any atom is 0.311 e. The molecule has 6 heteroatoms. The predicted octanol–water partition coefficient (Wildman–Crippen LogP) is 2.49. The third-order valence-electron chi connectivity index (χ3n) is 6.60. The third-order valence-corrected chi connectivity index (χ3v) is 6.60. The van der Waals surface area contributed by atoms with Gasteiger partial charge in [-0.05, 0) is 77.6 Å². The van der Waals surface area contributed by atoms with Crippen LogP contribution in [0.1, 0.15) is 50.7 Å². The minimum Gasteiger partial charge on any atom is -0.427 e. The smallest absolute Gasteiger partial charge is 0.311 e. The SMILES string of the molecule is CC(N)CCN(CCC(C)N)C(=O)CCC(=O)OC1=CCc2c(ccc3c4c(ccc23)=CC=C4)=C1. The number of carbonyl (C=O) groups excluding carboxylic acids is 2. The highest BCUT2D eigenvalue weighted by Gasteiger charge is 2.18. The third kappa shape index (κ3) is 6.08. The van der Waals surface area contributed by atoms with Crippen LogP contribution in [0.5, 0.6) is 0 Å². The number of amides is 1. The summed E-state index contributed by atoms with van der Waals surface area (Å²) in [7, 11) is 0. The van der Waals surface area contributed by atoms with Crippen LogP contribution in [0.15, 0.2) is 42.2 Å². The highest BCUT2D eigenvalue weighted by atomic mass is 16.5. The molecule has 6 nitrogen and oxygen atoms in total. The van der Waals surface area contributed by atoms with Crippen LogP contribution >= 0.6 is 0 Å². The van der Waals surface area contributed by atoms with E-state index in [2.05, 4.69) is 42.5 Å². The second-order valence-corrected chi connectivity index (χ2v) is 9.66. The number of benzene rings is 2. The van der Waals surface area contributed by atoms with Crippen molar-refractivity contribution < 1.29 is 14.3 Å². The Balaban J connectivity index is 1.38. The van der Waals surface area contributed by atoms with Gasteiger partial charge in [-0.25, -0.2) is 0 Å². The molecule has 0 saturated carbocycles. The molecule has 2 aromatic rings. The minimum absolute atomic E-state index is 0.00931. The van der Waals surface area contributed by atoms with E-state index in [4.69, 9.17) is 16.2 Å². The number of nitrogens with two attached hydrogens (primary N) is 2. The van der Waals surface area contributed by atoms with Crippen molar-refractivity contribution in [2.24, 2.45) is 11.5 Å². The molecule has 0 fully saturated rings. The summed E-state index contributed by atoms with van der Waals surface area (Å²) < 4.78 is 5.60. The van der Waals surface area contributed by atoms with Crippen LogP contribution in [-0.2, 0) is 20.7 Å². The van der Waals surface area contributed by atoms with Crippen LogP contribution in [0.4, 0.5) is 0 Å². The van der Waals surface area contributed by atoms with Crippen molar-refractivity contribution in [1.82, 2.24) is 4.90 Å². The summed E-state index contributed by atoms with van der Waals surface area (Å²) in [5.41, 5.74) is 14.2. The number of carbonyl (C=O) groups is 2. The summed E-state index contributed by atoms with van der Waals surface area (Å²) in [5, 5.41) is 4.77. The van der Waals surface area contributed by atoms with E-state index in [0.29, 0.717) is 38.1 Å². The molecule has 2 aliphatic carbocycles. The van der Waals surface area contributed by atoms with Gasteiger partial charge in [0, 0.05) is 31.6 Å². The topological polar surface area (TPSA) is 98.6 Å². The van der Waals surface area contributed by atoms with Crippen molar-refractivity contribution in [1.29, 1.82) is 0 Å². The zero-order valence-corrected chi connectivity index (χ0v) is 20.6. The van der Waals surface area contributed by atoms with Crippen molar-refractivity contribution in [3.63, 3.8) is 0 Å². The van der Waals surface area contributed by atoms with Crippen LogP contribution in [0.2, 0.25) is 0 Å². The maximum absolute atomic E-state index is 12.7. The number of fused-ring (bicyclic) bond motifs is 5. The maximum atomic E-state index is 12.7. The van der Waals surface area contributed by atoms with Crippen LogP contribution in [-0.4, -0.2) is 41.9 Å². The molecule has 184 valence electrons. The fraction of sp³-hybridized carbons (Fsp3) is 0.379. The standard InChI is InChI=1S/C29H35N3O3/c1-19(30)14-16-32(17-15-20(2)31)28(33)12-13-29(34)35-23-8-11-25-22(18-23)7-10-26-24-5-3-4-21(24)6-9-27(25)26/h3-10,18-20H,11-17,30-31H2,1-2H3. The van der Waals surface area contributed by atoms with Crippen LogP contribution < -0.4 is 21.9 Å². The van der Waals surface area contributed by atoms with Crippen molar-refractivity contribution in [3.05, 3.63) is 63.7 Å². The van der Waals surface area contributed by atoms with Crippen molar-refractivity contribution >= 4 is 40.9 Å². The van der Waals surface area contributed by atoms with E-state index in [0.717, 1.165) is 5.22 Å². The molecule has 35 heavy (non-hydrogen) atoms. The molecule has 0 aliphatic heterocycles. The first-order valence-corrected chi connectivity index (χ1v) is 12.5. The van der Waals surface area contributed by atoms with E-state index < -0.39 is 5.97 Å². The summed E-state index contributed by atoms with van der Waals surface area (Å²) >= 11 is 0. The van der Waals surface area contributed by atoms with Gasteiger partial charge in [-0.1, -0.05) is 42.5 Å². The molecule has 4 rings (SSSR count). The van der Waals surface area contributed by atoms with E-state index in [1.165, 1.54) is 27.1 Å². The van der Waals surface area contributed by atoms with Gasteiger partial charge in [0.25, 0.3) is 0 Å². The first kappa shape index (κ1) is 24.9. The Morgan fingerprint density at radius 2 is 1.66 bits per heavy atom. The lowest BCUT2D eigenvalue weighted by Gasteiger charge is -2.24. The van der Waals surface area contributed by atoms with Gasteiger partial charge in [0.1, 0.15) is 5.76 Å². The molecular weight excluding hydrogens is 438 g/mol. The summed E-state index contributed by atoms with van der Waals surface area (Å²) in [6.45, 7) is 4.98. The van der Waals surface area contributed by atoms with Gasteiger partial charge in [0.05, 0.1) is 6.42 Å². The Morgan fingerprint density at radius 3 is 2.37 bits per heavy atom. The van der Waals surface area contributed by atoms with Crippen molar-refractivity contribution in [3.8, 4) is 0 Å².